The number of rotatable bonds is 5. The van der Waals surface area contributed by atoms with E-state index in [1.807, 2.05) is 29.0 Å². The highest BCUT2D eigenvalue weighted by Gasteiger charge is 2.16. The highest BCUT2D eigenvalue weighted by atomic mass is 35.5. The molecular formula is C17H13Cl3N4OS. The Balaban J connectivity index is 1.86. The fourth-order valence-corrected chi connectivity index (χ4v) is 3.42. The molecule has 3 rings (SSSR count). The van der Waals surface area contributed by atoms with Crippen molar-refractivity contribution < 1.29 is 4.79 Å². The van der Waals surface area contributed by atoms with Crippen LogP contribution in [0.4, 0.5) is 0 Å². The molecule has 1 aromatic heterocycles. The van der Waals surface area contributed by atoms with Gasteiger partial charge in [-0.15, -0.1) is 10.2 Å². The summed E-state index contributed by atoms with van der Waals surface area (Å²) in [7, 11) is 0. The van der Waals surface area contributed by atoms with Crippen molar-refractivity contribution in [2.24, 2.45) is 0 Å². The second kappa shape index (κ2) is 8.31. The molecule has 0 bridgehead atoms. The molecule has 5 nitrogen and oxygen atoms in total. The lowest BCUT2D eigenvalue weighted by molar-refractivity contribution is 0.0950. The average molecular weight is 428 g/mol. The topological polar surface area (TPSA) is 59.8 Å². The molecule has 0 saturated carbocycles. The number of hydrogen-bond donors (Lipinski definition) is 1. The van der Waals surface area contributed by atoms with Crippen LogP contribution in [0.5, 0.6) is 0 Å². The first-order valence-corrected chi connectivity index (χ1v) is 9.83. The van der Waals surface area contributed by atoms with E-state index in [2.05, 4.69) is 15.5 Å². The summed E-state index contributed by atoms with van der Waals surface area (Å²) in [4.78, 5) is 12.4. The van der Waals surface area contributed by atoms with Crippen molar-refractivity contribution in [3.63, 3.8) is 0 Å². The number of aromatic nitrogens is 3. The molecule has 0 aliphatic rings. The number of nitrogens with one attached hydrogen (secondary N) is 1. The summed E-state index contributed by atoms with van der Waals surface area (Å²) in [6, 6.07) is 12.1. The summed E-state index contributed by atoms with van der Waals surface area (Å²) >= 11 is 19.6. The molecule has 9 heteroatoms. The molecule has 0 unspecified atom stereocenters. The second-order valence-corrected chi connectivity index (χ2v) is 7.28. The zero-order valence-corrected chi connectivity index (χ0v) is 16.6. The maximum atomic E-state index is 12.4. The molecule has 0 spiro atoms. The molecule has 26 heavy (non-hydrogen) atoms. The summed E-state index contributed by atoms with van der Waals surface area (Å²) in [5.74, 6) is 0.229. The van der Waals surface area contributed by atoms with Crippen molar-refractivity contribution in [2.75, 3.05) is 6.26 Å². The van der Waals surface area contributed by atoms with Crippen molar-refractivity contribution >= 4 is 52.5 Å². The summed E-state index contributed by atoms with van der Waals surface area (Å²) in [6.45, 7) is 0.168. The van der Waals surface area contributed by atoms with E-state index in [4.69, 9.17) is 34.8 Å². The van der Waals surface area contributed by atoms with Crippen LogP contribution >= 0.6 is 46.6 Å². The van der Waals surface area contributed by atoms with Crippen molar-refractivity contribution in [1.82, 2.24) is 20.1 Å². The van der Waals surface area contributed by atoms with Gasteiger partial charge >= 0.3 is 0 Å². The smallest absolute Gasteiger partial charge is 0.253 e. The first kappa shape index (κ1) is 19.0. The Bertz CT molecular complexity index is 961. The molecule has 2 aromatic carbocycles. The van der Waals surface area contributed by atoms with E-state index in [9.17, 15) is 4.79 Å². The lowest BCUT2D eigenvalue weighted by atomic mass is 10.2. The predicted octanol–water partition coefficient (Wildman–Crippen LogP) is 4.88. The lowest BCUT2D eigenvalue weighted by Gasteiger charge is -2.11. The largest absolute Gasteiger partial charge is 0.345 e. The van der Waals surface area contributed by atoms with Crippen LogP contribution in [0.2, 0.25) is 15.1 Å². The van der Waals surface area contributed by atoms with Crippen LogP contribution in [-0.2, 0) is 6.54 Å². The van der Waals surface area contributed by atoms with Crippen LogP contribution in [0.15, 0.2) is 47.6 Å². The van der Waals surface area contributed by atoms with Crippen molar-refractivity contribution in [2.45, 2.75) is 11.7 Å². The molecule has 0 saturated heterocycles. The third-order valence-corrected chi connectivity index (χ3v) is 4.96. The van der Waals surface area contributed by atoms with Gasteiger partial charge in [-0.1, -0.05) is 52.6 Å². The quantitative estimate of drug-likeness (QED) is 0.590. The standard InChI is InChI=1S/C17H13Cl3N4OS/c1-26-17-23-22-15(24(17)12-4-2-3-10(18)7-12)9-21-16(25)13-8-11(19)5-6-14(13)20/h2-8H,9H2,1H3,(H,21,25). The molecule has 0 aliphatic carbocycles. The average Bonchev–Trinajstić information content (AvgIpc) is 3.04. The number of hydrogen-bond acceptors (Lipinski definition) is 4. The van der Waals surface area contributed by atoms with Crippen LogP contribution in [0.25, 0.3) is 5.69 Å². The van der Waals surface area contributed by atoms with Crippen LogP contribution in [-0.4, -0.2) is 26.9 Å². The van der Waals surface area contributed by atoms with Crippen LogP contribution in [0.3, 0.4) is 0 Å². The number of amides is 1. The third kappa shape index (κ3) is 4.15. The van der Waals surface area contributed by atoms with E-state index < -0.39 is 0 Å². The Labute approximate surface area is 169 Å². The van der Waals surface area contributed by atoms with Gasteiger partial charge in [-0.2, -0.15) is 0 Å². The molecule has 0 aliphatic heterocycles. The van der Waals surface area contributed by atoms with Crippen LogP contribution in [0, 0.1) is 0 Å². The number of nitrogens with zero attached hydrogens (tertiary/aromatic N) is 3. The van der Waals surface area contributed by atoms with Crippen LogP contribution in [0.1, 0.15) is 16.2 Å². The van der Waals surface area contributed by atoms with Crippen molar-refractivity contribution in [3.05, 3.63) is 68.9 Å². The number of carbonyl (C=O) groups excluding carboxylic acids is 1. The van der Waals surface area contributed by atoms with Crippen LogP contribution < -0.4 is 5.32 Å². The molecule has 0 fully saturated rings. The molecular weight excluding hydrogens is 415 g/mol. The Morgan fingerprint density at radius 1 is 1.12 bits per heavy atom. The molecule has 3 aromatic rings. The van der Waals surface area contributed by atoms with Gasteiger partial charge < -0.3 is 5.32 Å². The van der Waals surface area contributed by atoms with E-state index in [1.54, 1.807) is 18.2 Å². The predicted molar refractivity (Wildman–Crippen MR) is 106 cm³/mol. The van der Waals surface area contributed by atoms with Gasteiger partial charge in [0.05, 0.1) is 22.8 Å². The number of thioether (sulfide) groups is 1. The zero-order valence-electron chi connectivity index (χ0n) is 13.5. The fraction of sp³-hybridized carbons (Fsp3) is 0.118. The molecule has 1 N–H and O–H groups in total. The van der Waals surface area contributed by atoms with E-state index >= 15 is 0 Å². The number of carbonyl (C=O) groups is 1. The van der Waals surface area contributed by atoms with Gasteiger partial charge in [0.2, 0.25) is 0 Å². The Morgan fingerprint density at radius 2 is 1.88 bits per heavy atom. The normalized spacial score (nSPS) is 10.8. The van der Waals surface area contributed by atoms with E-state index in [-0.39, 0.29) is 12.5 Å². The molecule has 1 amide bonds. The van der Waals surface area contributed by atoms with Gasteiger partial charge in [0.25, 0.3) is 5.91 Å². The summed E-state index contributed by atoms with van der Waals surface area (Å²) in [6.07, 6.45) is 1.90. The Hall–Kier alpha value is -1.73. The van der Waals surface area contributed by atoms with E-state index in [0.29, 0.717) is 31.6 Å². The van der Waals surface area contributed by atoms with E-state index in [0.717, 1.165) is 5.69 Å². The second-order valence-electron chi connectivity index (χ2n) is 5.23. The Morgan fingerprint density at radius 3 is 2.62 bits per heavy atom. The first-order chi connectivity index (χ1) is 12.5. The highest BCUT2D eigenvalue weighted by molar-refractivity contribution is 7.98. The van der Waals surface area contributed by atoms with E-state index in [1.165, 1.54) is 17.8 Å². The maximum Gasteiger partial charge on any atom is 0.253 e. The van der Waals surface area contributed by atoms with Crippen molar-refractivity contribution in [1.29, 1.82) is 0 Å². The zero-order chi connectivity index (χ0) is 18.7. The summed E-state index contributed by atoms with van der Waals surface area (Å²) in [5, 5.41) is 13.2. The van der Waals surface area contributed by atoms with Gasteiger partial charge in [-0.25, -0.2) is 0 Å². The third-order valence-electron chi connectivity index (χ3n) is 3.53. The highest BCUT2D eigenvalue weighted by Crippen LogP contribution is 2.23. The fourth-order valence-electron chi connectivity index (χ4n) is 2.35. The molecule has 134 valence electrons. The number of benzene rings is 2. The summed E-state index contributed by atoms with van der Waals surface area (Å²) < 4.78 is 1.84. The maximum absolute atomic E-state index is 12.4. The number of halogens is 3. The molecule has 0 atom stereocenters. The van der Waals surface area contributed by atoms with Gasteiger partial charge in [-0.3, -0.25) is 9.36 Å². The minimum atomic E-state index is -0.344. The molecule has 0 radical (unpaired) electrons. The van der Waals surface area contributed by atoms with Gasteiger partial charge in [-0.05, 0) is 42.7 Å². The first-order valence-electron chi connectivity index (χ1n) is 7.47. The summed E-state index contributed by atoms with van der Waals surface area (Å²) in [5.41, 5.74) is 1.12. The van der Waals surface area contributed by atoms with Gasteiger partial charge in [0.15, 0.2) is 11.0 Å². The van der Waals surface area contributed by atoms with Gasteiger partial charge in [0, 0.05) is 10.0 Å². The Kier molecular flexibility index (Phi) is 6.09. The van der Waals surface area contributed by atoms with Gasteiger partial charge in [0.1, 0.15) is 0 Å². The lowest BCUT2D eigenvalue weighted by Crippen LogP contribution is -2.25. The monoisotopic (exact) mass is 426 g/mol. The molecule has 1 heterocycles. The minimum Gasteiger partial charge on any atom is -0.345 e. The van der Waals surface area contributed by atoms with Crippen molar-refractivity contribution in [3.8, 4) is 5.69 Å². The SMILES string of the molecule is CSc1nnc(CNC(=O)c2cc(Cl)ccc2Cl)n1-c1cccc(Cl)c1. The minimum absolute atomic E-state index is 0.168.